The third kappa shape index (κ3) is 9.42. The summed E-state index contributed by atoms with van der Waals surface area (Å²) in [6.07, 6.45) is -0.991. The second kappa shape index (κ2) is 8.06. The number of esters is 2. The quantitative estimate of drug-likeness (QED) is 0.662. The zero-order chi connectivity index (χ0) is 13.4. The molecule has 2 N–H and O–H groups in total. The first kappa shape index (κ1) is 17.3. The maximum Gasteiger partial charge on any atom is 0.337 e. The summed E-state index contributed by atoms with van der Waals surface area (Å²) in [5.41, 5.74) is -1.35. The zero-order valence-electron chi connectivity index (χ0n) is 10.3. The highest BCUT2D eigenvalue weighted by Crippen LogP contribution is 2.01. The van der Waals surface area contributed by atoms with Crippen LogP contribution in [0.25, 0.3) is 0 Å². The van der Waals surface area contributed by atoms with Crippen LogP contribution in [0.3, 0.4) is 0 Å². The van der Waals surface area contributed by atoms with Crippen molar-refractivity contribution in [3.63, 3.8) is 0 Å². The van der Waals surface area contributed by atoms with Gasteiger partial charge in [-0.25, -0.2) is 9.59 Å². The van der Waals surface area contributed by atoms with E-state index in [0.717, 1.165) is 0 Å². The lowest BCUT2D eigenvalue weighted by molar-refractivity contribution is -0.158. The van der Waals surface area contributed by atoms with Gasteiger partial charge in [0, 0.05) is 0 Å². The van der Waals surface area contributed by atoms with Gasteiger partial charge >= 0.3 is 11.9 Å². The lowest BCUT2D eigenvalue weighted by atomic mass is 10.1. The summed E-state index contributed by atoms with van der Waals surface area (Å²) in [5, 5.41) is 17.3. The second-order valence-corrected chi connectivity index (χ2v) is 3.48. The molecule has 6 heteroatoms. The van der Waals surface area contributed by atoms with Gasteiger partial charge in [0.15, 0.2) is 5.60 Å². The van der Waals surface area contributed by atoms with Gasteiger partial charge < -0.3 is 19.7 Å². The molecule has 0 aliphatic rings. The smallest absolute Gasteiger partial charge is 0.337 e. The molecule has 0 saturated carbocycles. The Morgan fingerprint density at radius 3 is 1.88 bits per heavy atom. The molecule has 0 heterocycles. The SMILES string of the molecule is CCOC(=O)C(C)O.COC(=O)C(C)(C)O. The van der Waals surface area contributed by atoms with Crippen molar-refractivity contribution >= 4 is 11.9 Å². The number of hydrogen-bond donors (Lipinski definition) is 2. The van der Waals surface area contributed by atoms with Crippen LogP contribution in [0, 0.1) is 0 Å². The number of ether oxygens (including phenoxy) is 2. The normalized spacial score (nSPS) is 11.9. The van der Waals surface area contributed by atoms with Crippen molar-refractivity contribution < 1.29 is 29.3 Å². The molecule has 0 aromatic rings. The molecule has 0 amide bonds. The van der Waals surface area contributed by atoms with Crippen LogP contribution in [0.5, 0.6) is 0 Å². The number of carbonyl (C=O) groups excluding carboxylic acids is 2. The fourth-order valence-corrected chi connectivity index (χ4v) is 0.513. The van der Waals surface area contributed by atoms with Crippen LogP contribution in [0.4, 0.5) is 0 Å². The Labute approximate surface area is 95.2 Å². The summed E-state index contributed by atoms with van der Waals surface area (Å²) in [4.78, 5) is 20.6. The topological polar surface area (TPSA) is 93.1 Å². The minimum Gasteiger partial charge on any atom is -0.467 e. The summed E-state index contributed by atoms with van der Waals surface area (Å²) >= 11 is 0. The van der Waals surface area contributed by atoms with Crippen molar-refractivity contribution in [1.82, 2.24) is 0 Å². The lowest BCUT2D eigenvalue weighted by Crippen LogP contribution is -2.31. The zero-order valence-corrected chi connectivity index (χ0v) is 10.3. The highest BCUT2D eigenvalue weighted by molar-refractivity contribution is 5.77. The van der Waals surface area contributed by atoms with Crippen molar-refractivity contribution in [1.29, 1.82) is 0 Å². The monoisotopic (exact) mass is 236 g/mol. The molecule has 0 aromatic carbocycles. The maximum absolute atomic E-state index is 10.4. The Morgan fingerprint density at radius 2 is 1.81 bits per heavy atom. The molecule has 0 aliphatic carbocycles. The van der Waals surface area contributed by atoms with Crippen molar-refractivity contribution in [3.8, 4) is 0 Å². The molecule has 0 saturated heterocycles. The van der Waals surface area contributed by atoms with Gasteiger partial charge in [-0.15, -0.1) is 0 Å². The molecule has 96 valence electrons. The standard InChI is InChI=1S/2C5H10O3/c1-5(2,7)4(6)8-3;1-3-8-5(7)4(2)6/h7H,1-3H3;4,6H,3H2,1-2H3. The van der Waals surface area contributed by atoms with Gasteiger partial charge in [0.25, 0.3) is 0 Å². The number of hydrogen-bond acceptors (Lipinski definition) is 6. The Morgan fingerprint density at radius 1 is 1.38 bits per heavy atom. The largest absolute Gasteiger partial charge is 0.467 e. The van der Waals surface area contributed by atoms with Gasteiger partial charge in [-0.3, -0.25) is 0 Å². The van der Waals surface area contributed by atoms with Crippen LogP contribution in [-0.2, 0) is 19.1 Å². The first-order valence-electron chi connectivity index (χ1n) is 4.82. The van der Waals surface area contributed by atoms with Gasteiger partial charge in [-0.05, 0) is 27.7 Å². The molecule has 16 heavy (non-hydrogen) atoms. The molecule has 6 nitrogen and oxygen atoms in total. The minimum atomic E-state index is -1.35. The lowest BCUT2D eigenvalue weighted by Gasteiger charge is -2.12. The van der Waals surface area contributed by atoms with E-state index in [0.29, 0.717) is 6.61 Å². The number of rotatable bonds is 3. The maximum atomic E-state index is 10.4. The molecule has 0 spiro atoms. The average Bonchev–Trinajstić information content (AvgIpc) is 2.16. The van der Waals surface area contributed by atoms with Crippen LogP contribution in [0.15, 0.2) is 0 Å². The van der Waals surface area contributed by atoms with E-state index >= 15 is 0 Å². The molecule has 0 bridgehead atoms. The van der Waals surface area contributed by atoms with E-state index in [4.69, 9.17) is 10.2 Å². The van der Waals surface area contributed by atoms with Crippen LogP contribution >= 0.6 is 0 Å². The second-order valence-electron chi connectivity index (χ2n) is 3.48. The fourth-order valence-electron chi connectivity index (χ4n) is 0.513. The summed E-state index contributed by atoms with van der Waals surface area (Å²) in [5.74, 6) is -1.18. The van der Waals surface area contributed by atoms with E-state index in [1.807, 2.05) is 0 Å². The summed E-state index contributed by atoms with van der Waals surface area (Å²) in [7, 11) is 1.24. The van der Waals surface area contributed by atoms with E-state index < -0.39 is 23.6 Å². The minimum absolute atomic E-state index is 0.323. The van der Waals surface area contributed by atoms with Gasteiger partial charge in [-0.2, -0.15) is 0 Å². The van der Waals surface area contributed by atoms with Crippen molar-refractivity contribution in [2.24, 2.45) is 0 Å². The summed E-state index contributed by atoms with van der Waals surface area (Å²) in [6, 6.07) is 0. The molecule has 0 radical (unpaired) electrons. The van der Waals surface area contributed by atoms with Crippen LogP contribution < -0.4 is 0 Å². The Balaban J connectivity index is 0. The van der Waals surface area contributed by atoms with E-state index in [-0.39, 0.29) is 0 Å². The third-order valence-electron chi connectivity index (χ3n) is 1.31. The predicted molar refractivity (Wildman–Crippen MR) is 56.6 cm³/mol. The van der Waals surface area contributed by atoms with Crippen molar-refractivity contribution in [2.45, 2.75) is 39.4 Å². The van der Waals surface area contributed by atoms with Crippen molar-refractivity contribution in [3.05, 3.63) is 0 Å². The van der Waals surface area contributed by atoms with Gasteiger partial charge in [0.1, 0.15) is 6.10 Å². The molecule has 1 unspecified atom stereocenters. The van der Waals surface area contributed by atoms with Crippen LogP contribution in [-0.4, -0.2) is 47.6 Å². The molecule has 0 aromatic heterocycles. The average molecular weight is 236 g/mol. The fraction of sp³-hybridized carbons (Fsp3) is 0.800. The Kier molecular flexibility index (Phi) is 8.70. The van der Waals surface area contributed by atoms with Gasteiger partial charge in [0.2, 0.25) is 0 Å². The number of aliphatic hydroxyl groups excluding tert-OH is 1. The van der Waals surface area contributed by atoms with Crippen LogP contribution in [0.1, 0.15) is 27.7 Å². The summed E-state index contributed by atoms with van der Waals surface area (Å²) < 4.78 is 8.64. The summed E-state index contributed by atoms with van der Waals surface area (Å²) in [6.45, 7) is 6.14. The number of aliphatic hydroxyl groups is 2. The van der Waals surface area contributed by atoms with E-state index in [1.54, 1.807) is 6.92 Å². The van der Waals surface area contributed by atoms with Crippen molar-refractivity contribution in [2.75, 3.05) is 13.7 Å². The molecule has 0 fully saturated rings. The Bertz CT molecular complexity index is 216. The molecular weight excluding hydrogens is 216 g/mol. The third-order valence-corrected chi connectivity index (χ3v) is 1.31. The van der Waals surface area contributed by atoms with Gasteiger partial charge in [0.05, 0.1) is 13.7 Å². The van der Waals surface area contributed by atoms with E-state index in [9.17, 15) is 9.59 Å². The van der Waals surface area contributed by atoms with Crippen LogP contribution in [0.2, 0.25) is 0 Å². The van der Waals surface area contributed by atoms with E-state index in [1.165, 1.54) is 27.9 Å². The highest BCUT2D eigenvalue weighted by atomic mass is 16.5. The molecule has 0 aliphatic heterocycles. The Hall–Kier alpha value is -1.14. The highest BCUT2D eigenvalue weighted by Gasteiger charge is 2.23. The number of carbonyl (C=O) groups is 2. The predicted octanol–water partition coefficient (Wildman–Crippen LogP) is -0.139. The van der Waals surface area contributed by atoms with E-state index in [2.05, 4.69) is 9.47 Å². The number of methoxy groups -OCH3 is 1. The molecule has 1 atom stereocenters. The molecule has 0 rings (SSSR count). The molecular formula is C10H20O6. The first-order chi connectivity index (χ1) is 7.16. The first-order valence-corrected chi connectivity index (χ1v) is 4.82. The van der Waals surface area contributed by atoms with Gasteiger partial charge in [-0.1, -0.05) is 0 Å².